The minimum absolute atomic E-state index is 0.0610. The first-order chi connectivity index (χ1) is 11.1. The molecule has 2 fully saturated rings. The molecule has 1 amide bonds. The molecule has 1 N–H and O–H groups in total. The zero-order valence-electron chi connectivity index (χ0n) is 13.5. The molecule has 0 aromatic heterocycles. The SMILES string of the molecule is CC1CN(C(=O)C(c2cccc(F)c2)N2CCOCC2)CCN1. The highest BCUT2D eigenvalue weighted by atomic mass is 19.1. The molecule has 2 unspecified atom stereocenters. The highest BCUT2D eigenvalue weighted by Crippen LogP contribution is 2.25. The van der Waals surface area contributed by atoms with E-state index in [2.05, 4.69) is 17.1 Å². The van der Waals surface area contributed by atoms with Crippen molar-refractivity contribution < 1.29 is 13.9 Å². The summed E-state index contributed by atoms with van der Waals surface area (Å²) in [6.07, 6.45) is 0. The van der Waals surface area contributed by atoms with Crippen molar-refractivity contribution in [2.24, 2.45) is 0 Å². The average Bonchev–Trinajstić information content (AvgIpc) is 2.56. The Morgan fingerprint density at radius 1 is 1.35 bits per heavy atom. The molecular weight excluding hydrogens is 297 g/mol. The third-order valence-corrected chi connectivity index (χ3v) is 4.49. The smallest absolute Gasteiger partial charge is 0.244 e. The summed E-state index contributed by atoms with van der Waals surface area (Å²) in [5.41, 5.74) is 0.725. The Morgan fingerprint density at radius 2 is 2.13 bits per heavy atom. The Kier molecular flexibility index (Phi) is 5.25. The lowest BCUT2D eigenvalue weighted by Gasteiger charge is -2.39. The molecule has 5 nitrogen and oxygen atoms in total. The lowest BCUT2D eigenvalue weighted by atomic mass is 10.0. The number of rotatable bonds is 3. The van der Waals surface area contributed by atoms with Gasteiger partial charge in [-0.05, 0) is 24.6 Å². The van der Waals surface area contributed by atoms with Gasteiger partial charge in [-0.15, -0.1) is 0 Å². The van der Waals surface area contributed by atoms with Crippen molar-refractivity contribution in [3.63, 3.8) is 0 Å². The molecule has 1 aromatic carbocycles. The summed E-state index contributed by atoms with van der Waals surface area (Å²) in [6, 6.07) is 6.25. The van der Waals surface area contributed by atoms with Crippen LogP contribution in [0.25, 0.3) is 0 Å². The van der Waals surface area contributed by atoms with Crippen molar-refractivity contribution in [1.29, 1.82) is 0 Å². The zero-order valence-corrected chi connectivity index (χ0v) is 13.5. The maximum absolute atomic E-state index is 13.7. The van der Waals surface area contributed by atoms with Gasteiger partial charge in [0.1, 0.15) is 11.9 Å². The second-order valence-corrected chi connectivity index (χ2v) is 6.25. The number of nitrogens with zero attached hydrogens (tertiary/aromatic N) is 2. The zero-order chi connectivity index (χ0) is 16.2. The van der Waals surface area contributed by atoms with Gasteiger partial charge in [0.25, 0.3) is 0 Å². The molecule has 3 rings (SSSR count). The van der Waals surface area contributed by atoms with Crippen molar-refractivity contribution in [3.05, 3.63) is 35.6 Å². The highest BCUT2D eigenvalue weighted by Gasteiger charge is 2.33. The van der Waals surface area contributed by atoms with Crippen LogP contribution in [-0.4, -0.2) is 67.7 Å². The molecule has 0 aliphatic carbocycles. The van der Waals surface area contributed by atoms with Crippen LogP contribution in [0.1, 0.15) is 18.5 Å². The Hall–Kier alpha value is -1.50. The quantitative estimate of drug-likeness (QED) is 0.903. The predicted molar refractivity (Wildman–Crippen MR) is 85.6 cm³/mol. The third kappa shape index (κ3) is 3.88. The number of carbonyl (C=O) groups excluding carboxylic acids is 1. The first kappa shape index (κ1) is 16.4. The fraction of sp³-hybridized carbons (Fsp3) is 0.588. The predicted octanol–water partition coefficient (Wildman–Crippen LogP) is 1.02. The van der Waals surface area contributed by atoms with Gasteiger partial charge in [0.2, 0.25) is 5.91 Å². The summed E-state index contributed by atoms with van der Waals surface area (Å²) < 4.78 is 19.1. The summed E-state index contributed by atoms with van der Waals surface area (Å²) in [7, 11) is 0. The summed E-state index contributed by atoms with van der Waals surface area (Å²) in [6.45, 7) is 6.85. The maximum atomic E-state index is 13.7. The standard InChI is InChI=1S/C17H24FN3O2/c1-13-12-21(6-5-19-13)17(22)16(20-7-9-23-10-8-20)14-3-2-4-15(18)11-14/h2-4,11,13,16,19H,5-10,12H2,1H3. The number of hydrogen-bond donors (Lipinski definition) is 1. The Balaban J connectivity index is 1.86. The van der Waals surface area contributed by atoms with Gasteiger partial charge >= 0.3 is 0 Å². The molecule has 126 valence electrons. The Labute approximate surface area is 136 Å². The van der Waals surface area contributed by atoms with E-state index in [1.807, 2.05) is 11.0 Å². The van der Waals surface area contributed by atoms with Crippen molar-refractivity contribution in [1.82, 2.24) is 15.1 Å². The van der Waals surface area contributed by atoms with Crippen LogP contribution in [0.15, 0.2) is 24.3 Å². The summed E-state index contributed by atoms with van der Waals surface area (Å²) >= 11 is 0. The van der Waals surface area contributed by atoms with Crippen LogP contribution < -0.4 is 5.32 Å². The monoisotopic (exact) mass is 321 g/mol. The van der Waals surface area contributed by atoms with Crippen LogP contribution >= 0.6 is 0 Å². The van der Waals surface area contributed by atoms with Gasteiger partial charge in [-0.25, -0.2) is 4.39 Å². The number of hydrogen-bond acceptors (Lipinski definition) is 4. The van der Waals surface area contributed by atoms with Gasteiger partial charge in [-0.1, -0.05) is 12.1 Å². The summed E-state index contributed by atoms with van der Waals surface area (Å²) in [4.78, 5) is 17.1. The second kappa shape index (κ2) is 7.38. The number of carbonyl (C=O) groups is 1. The Bertz CT molecular complexity index is 548. The van der Waals surface area contributed by atoms with E-state index in [9.17, 15) is 9.18 Å². The molecule has 23 heavy (non-hydrogen) atoms. The van der Waals surface area contributed by atoms with Crippen LogP contribution in [-0.2, 0) is 9.53 Å². The lowest BCUT2D eigenvalue weighted by molar-refractivity contribution is -0.140. The molecule has 2 atom stereocenters. The van der Waals surface area contributed by atoms with Crippen molar-refractivity contribution >= 4 is 5.91 Å². The highest BCUT2D eigenvalue weighted by molar-refractivity contribution is 5.83. The van der Waals surface area contributed by atoms with Crippen molar-refractivity contribution in [2.75, 3.05) is 45.9 Å². The van der Waals surface area contributed by atoms with Crippen LogP contribution in [0.3, 0.4) is 0 Å². The van der Waals surface area contributed by atoms with E-state index in [-0.39, 0.29) is 17.8 Å². The summed E-state index contributed by atoms with van der Waals surface area (Å²) in [5.74, 6) is -0.243. The van der Waals surface area contributed by atoms with Crippen LogP contribution in [0.5, 0.6) is 0 Å². The molecule has 0 radical (unpaired) electrons. The fourth-order valence-electron chi connectivity index (χ4n) is 3.33. The molecule has 2 heterocycles. The van der Waals surface area contributed by atoms with Gasteiger partial charge < -0.3 is 15.0 Å². The van der Waals surface area contributed by atoms with Crippen molar-refractivity contribution in [3.8, 4) is 0 Å². The first-order valence-corrected chi connectivity index (χ1v) is 8.24. The minimum atomic E-state index is -0.431. The van der Waals surface area contributed by atoms with E-state index in [1.165, 1.54) is 12.1 Å². The molecule has 0 saturated carbocycles. The molecule has 1 aromatic rings. The van der Waals surface area contributed by atoms with Gasteiger partial charge in [-0.2, -0.15) is 0 Å². The third-order valence-electron chi connectivity index (χ3n) is 4.49. The molecule has 2 aliphatic rings. The second-order valence-electron chi connectivity index (χ2n) is 6.25. The lowest BCUT2D eigenvalue weighted by Crippen LogP contribution is -2.55. The number of morpholine rings is 1. The minimum Gasteiger partial charge on any atom is -0.379 e. The topological polar surface area (TPSA) is 44.8 Å². The van der Waals surface area contributed by atoms with Gasteiger partial charge in [0.15, 0.2) is 0 Å². The Morgan fingerprint density at radius 3 is 2.83 bits per heavy atom. The molecule has 2 aliphatic heterocycles. The van der Waals surface area contributed by atoms with Crippen molar-refractivity contribution in [2.45, 2.75) is 19.0 Å². The fourth-order valence-corrected chi connectivity index (χ4v) is 3.33. The maximum Gasteiger partial charge on any atom is 0.244 e. The van der Waals surface area contributed by atoms with Gasteiger partial charge in [-0.3, -0.25) is 9.69 Å². The van der Waals surface area contributed by atoms with E-state index in [4.69, 9.17) is 4.74 Å². The van der Waals surface area contributed by atoms with Gasteiger partial charge in [0.05, 0.1) is 13.2 Å². The number of benzene rings is 1. The first-order valence-electron chi connectivity index (χ1n) is 8.24. The number of nitrogens with one attached hydrogen (secondary N) is 1. The molecular formula is C17H24FN3O2. The molecule has 0 spiro atoms. The molecule has 6 heteroatoms. The van der Waals surface area contributed by atoms with Crippen LogP contribution in [0.2, 0.25) is 0 Å². The molecule has 0 bridgehead atoms. The number of amides is 1. The normalized spacial score (nSPS) is 24.4. The summed E-state index contributed by atoms with van der Waals surface area (Å²) in [5, 5.41) is 3.35. The van der Waals surface area contributed by atoms with E-state index in [0.29, 0.717) is 39.4 Å². The van der Waals surface area contributed by atoms with Crippen LogP contribution in [0.4, 0.5) is 4.39 Å². The number of ether oxygens (including phenoxy) is 1. The van der Waals surface area contributed by atoms with E-state index in [0.717, 1.165) is 12.1 Å². The van der Waals surface area contributed by atoms with Crippen LogP contribution in [0, 0.1) is 5.82 Å². The van der Waals surface area contributed by atoms with E-state index in [1.54, 1.807) is 6.07 Å². The number of halogens is 1. The average molecular weight is 321 g/mol. The van der Waals surface area contributed by atoms with E-state index < -0.39 is 6.04 Å². The largest absolute Gasteiger partial charge is 0.379 e. The van der Waals surface area contributed by atoms with E-state index >= 15 is 0 Å². The molecule has 2 saturated heterocycles. The van der Waals surface area contributed by atoms with Gasteiger partial charge in [0, 0.05) is 38.8 Å². The number of piperazine rings is 1.